The molecular formula is C20H19ClN2O2S. The molecule has 0 saturated carbocycles. The lowest BCUT2D eigenvalue weighted by Crippen LogP contribution is -2.19. The quantitative estimate of drug-likeness (QED) is 0.723. The molecule has 0 aromatic heterocycles. The molecule has 3 rings (SSSR count). The van der Waals surface area contributed by atoms with E-state index in [0.29, 0.717) is 20.8 Å². The average molecular weight is 387 g/mol. The van der Waals surface area contributed by atoms with Crippen molar-refractivity contribution in [1.29, 1.82) is 0 Å². The van der Waals surface area contributed by atoms with E-state index in [9.17, 15) is 4.79 Å². The molecule has 0 bridgehead atoms. The maximum Gasteiger partial charge on any atom is 0.264 e. The Morgan fingerprint density at radius 2 is 1.92 bits per heavy atom. The number of benzene rings is 2. The SMILES string of the molecule is Cc1ccc(N=C2NC(=O)/C(=C\c3ccc(OC(C)C)c(Cl)c3)S2)cc1. The topological polar surface area (TPSA) is 50.7 Å². The summed E-state index contributed by atoms with van der Waals surface area (Å²) in [5, 5.41) is 3.87. The molecule has 1 aliphatic heterocycles. The van der Waals surface area contributed by atoms with Gasteiger partial charge >= 0.3 is 0 Å². The Morgan fingerprint density at radius 3 is 2.58 bits per heavy atom. The molecule has 1 fully saturated rings. The molecule has 2 aromatic carbocycles. The van der Waals surface area contributed by atoms with E-state index in [4.69, 9.17) is 16.3 Å². The first-order chi connectivity index (χ1) is 12.4. The van der Waals surface area contributed by atoms with Crippen LogP contribution in [0.4, 0.5) is 5.69 Å². The van der Waals surface area contributed by atoms with Crippen LogP contribution in [-0.2, 0) is 4.79 Å². The first-order valence-corrected chi connectivity index (χ1v) is 9.42. The zero-order valence-electron chi connectivity index (χ0n) is 14.7. The van der Waals surface area contributed by atoms with Gasteiger partial charge in [0.1, 0.15) is 5.75 Å². The molecule has 1 aliphatic rings. The lowest BCUT2D eigenvalue weighted by Gasteiger charge is -2.11. The standard InChI is InChI=1S/C20H19ClN2O2S/c1-12(2)25-17-9-6-14(10-16(17)21)11-18-19(24)23-20(26-18)22-15-7-4-13(3)5-8-15/h4-12H,1-3H3,(H,22,23,24)/b18-11+. The number of amides is 1. The minimum atomic E-state index is -0.167. The molecule has 0 radical (unpaired) electrons. The third-order valence-electron chi connectivity index (χ3n) is 3.53. The molecular weight excluding hydrogens is 368 g/mol. The highest BCUT2D eigenvalue weighted by Gasteiger charge is 2.23. The fourth-order valence-corrected chi connectivity index (χ4v) is 3.40. The number of nitrogens with zero attached hydrogens (tertiary/aromatic N) is 1. The van der Waals surface area contributed by atoms with E-state index < -0.39 is 0 Å². The molecule has 0 atom stereocenters. The van der Waals surface area contributed by atoms with Crippen LogP contribution in [0.5, 0.6) is 5.75 Å². The highest BCUT2D eigenvalue weighted by Crippen LogP contribution is 2.31. The number of ether oxygens (including phenoxy) is 1. The van der Waals surface area contributed by atoms with Crippen LogP contribution in [0.3, 0.4) is 0 Å². The second kappa shape index (κ2) is 7.98. The van der Waals surface area contributed by atoms with Gasteiger partial charge in [-0.1, -0.05) is 35.4 Å². The van der Waals surface area contributed by atoms with Crippen LogP contribution in [0.1, 0.15) is 25.0 Å². The highest BCUT2D eigenvalue weighted by molar-refractivity contribution is 8.18. The number of thioether (sulfide) groups is 1. The van der Waals surface area contributed by atoms with Crippen molar-refractivity contribution in [2.24, 2.45) is 4.99 Å². The number of carbonyl (C=O) groups excluding carboxylic acids is 1. The van der Waals surface area contributed by atoms with Gasteiger partial charge in [0.15, 0.2) is 5.17 Å². The van der Waals surface area contributed by atoms with Crippen LogP contribution in [0.25, 0.3) is 6.08 Å². The summed E-state index contributed by atoms with van der Waals surface area (Å²) in [5.41, 5.74) is 2.80. The predicted octanol–water partition coefficient (Wildman–Crippen LogP) is 5.33. The molecule has 0 unspecified atom stereocenters. The summed E-state index contributed by atoms with van der Waals surface area (Å²) in [6.07, 6.45) is 1.84. The highest BCUT2D eigenvalue weighted by atomic mass is 35.5. The molecule has 1 saturated heterocycles. The number of hydrogen-bond donors (Lipinski definition) is 1. The number of rotatable bonds is 4. The monoisotopic (exact) mass is 386 g/mol. The molecule has 134 valence electrons. The van der Waals surface area contributed by atoms with Gasteiger partial charge in [0.25, 0.3) is 5.91 Å². The third kappa shape index (κ3) is 4.68. The van der Waals surface area contributed by atoms with Crippen LogP contribution in [0.2, 0.25) is 5.02 Å². The molecule has 0 aliphatic carbocycles. The number of aliphatic imine (C=N–C) groups is 1. The van der Waals surface area contributed by atoms with Crippen LogP contribution >= 0.6 is 23.4 Å². The Hall–Kier alpha value is -2.24. The van der Waals surface area contributed by atoms with E-state index in [-0.39, 0.29) is 12.0 Å². The maximum atomic E-state index is 12.2. The molecule has 1 heterocycles. The van der Waals surface area contributed by atoms with E-state index in [1.165, 1.54) is 17.3 Å². The molecule has 2 aromatic rings. The largest absolute Gasteiger partial charge is 0.489 e. The van der Waals surface area contributed by atoms with Gasteiger partial charge in [0.2, 0.25) is 0 Å². The molecule has 0 spiro atoms. The van der Waals surface area contributed by atoms with E-state index in [1.807, 2.05) is 57.2 Å². The minimum Gasteiger partial charge on any atom is -0.489 e. The summed E-state index contributed by atoms with van der Waals surface area (Å²) in [6.45, 7) is 5.91. The van der Waals surface area contributed by atoms with Crippen LogP contribution in [0.15, 0.2) is 52.4 Å². The molecule has 26 heavy (non-hydrogen) atoms. The Bertz CT molecular complexity index is 889. The van der Waals surface area contributed by atoms with E-state index in [2.05, 4.69) is 10.3 Å². The zero-order valence-corrected chi connectivity index (χ0v) is 16.3. The summed E-state index contributed by atoms with van der Waals surface area (Å²) < 4.78 is 5.63. The summed E-state index contributed by atoms with van der Waals surface area (Å²) in [4.78, 5) is 17.2. The lowest BCUT2D eigenvalue weighted by molar-refractivity contribution is -0.115. The zero-order chi connectivity index (χ0) is 18.7. The number of halogens is 1. The van der Waals surface area contributed by atoms with Gasteiger partial charge in [0.05, 0.1) is 21.7 Å². The second-order valence-electron chi connectivity index (χ2n) is 6.17. The van der Waals surface area contributed by atoms with Crippen LogP contribution in [0, 0.1) is 6.92 Å². The van der Waals surface area contributed by atoms with E-state index in [0.717, 1.165) is 11.3 Å². The van der Waals surface area contributed by atoms with E-state index >= 15 is 0 Å². The number of nitrogens with one attached hydrogen (secondary N) is 1. The van der Waals surface area contributed by atoms with Crippen molar-refractivity contribution in [3.05, 3.63) is 63.5 Å². The van der Waals surface area contributed by atoms with Crippen LogP contribution < -0.4 is 10.1 Å². The van der Waals surface area contributed by atoms with Crippen molar-refractivity contribution in [3.63, 3.8) is 0 Å². The summed E-state index contributed by atoms with van der Waals surface area (Å²) in [6, 6.07) is 13.3. The summed E-state index contributed by atoms with van der Waals surface area (Å²) in [5.74, 6) is 0.466. The maximum absolute atomic E-state index is 12.2. The normalized spacial score (nSPS) is 17.2. The second-order valence-corrected chi connectivity index (χ2v) is 7.61. The van der Waals surface area contributed by atoms with Gasteiger partial charge in [-0.15, -0.1) is 0 Å². The first kappa shape index (κ1) is 18.5. The molecule has 1 N–H and O–H groups in total. The smallest absolute Gasteiger partial charge is 0.264 e. The fourth-order valence-electron chi connectivity index (χ4n) is 2.32. The van der Waals surface area contributed by atoms with Gasteiger partial charge in [-0.2, -0.15) is 0 Å². The molecule has 4 nitrogen and oxygen atoms in total. The van der Waals surface area contributed by atoms with E-state index in [1.54, 1.807) is 12.1 Å². The van der Waals surface area contributed by atoms with Crippen molar-refractivity contribution in [1.82, 2.24) is 5.32 Å². The Kier molecular flexibility index (Phi) is 5.69. The number of aryl methyl sites for hydroxylation is 1. The number of amidine groups is 1. The van der Waals surface area contributed by atoms with Gasteiger partial charge in [-0.3, -0.25) is 4.79 Å². The summed E-state index contributed by atoms with van der Waals surface area (Å²) >= 11 is 7.57. The Balaban J connectivity index is 1.78. The molecule has 1 amide bonds. The Morgan fingerprint density at radius 1 is 1.19 bits per heavy atom. The minimum absolute atomic E-state index is 0.0495. The van der Waals surface area contributed by atoms with Crippen molar-refractivity contribution in [3.8, 4) is 5.75 Å². The van der Waals surface area contributed by atoms with Gasteiger partial charge in [-0.05, 0) is 68.4 Å². The fraction of sp³-hybridized carbons (Fsp3) is 0.200. The number of carbonyl (C=O) groups is 1. The first-order valence-electron chi connectivity index (χ1n) is 8.23. The molecule has 6 heteroatoms. The summed E-state index contributed by atoms with van der Waals surface area (Å²) in [7, 11) is 0. The number of hydrogen-bond acceptors (Lipinski definition) is 4. The Labute approximate surface area is 162 Å². The lowest BCUT2D eigenvalue weighted by atomic mass is 10.2. The van der Waals surface area contributed by atoms with Gasteiger partial charge < -0.3 is 10.1 Å². The van der Waals surface area contributed by atoms with Crippen molar-refractivity contribution in [2.45, 2.75) is 26.9 Å². The van der Waals surface area contributed by atoms with Crippen molar-refractivity contribution >= 4 is 46.2 Å². The van der Waals surface area contributed by atoms with Gasteiger partial charge in [-0.25, -0.2) is 4.99 Å². The third-order valence-corrected chi connectivity index (χ3v) is 4.74. The average Bonchev–Trinajstić information content (AvgIpc) is 2.91. The van der Waals surface area contributed by atoms with Crippen molar-refractivity contribution in [2.75, 3.05) is 0 Å². The van der Waals surface area contributed by atoms with Crippen LogP contribution in [-0.4, -0.2) is 17.2 Å². The van der Waals surface area contributed by atoms with Crippen molar-refractivity contribution < 1.29 is 9.53 Å². The predicted molar refractivity (Wildman–Crippen MR) is 109 cm³/mol. The van der Waals surface area contributed by atoms with Gasteiger partial charge in [0, 0.05) is 0 Å².